The van der Waals surface area contributed by atoms with E-state index < -0.39 is 0 Å². The van der Waals surface area contributed by atoms with Gasteiger partial charge in [0.2, 0.25) is 0 Å². The molecule has 0 aliphatic rings. The Morgan fingerprint density at radius 1 is 1.00 bits per heavy atom. The van der Waals surface area contributed by atoms with Crippen LogP contribution in [0.4, 0.5) is 0 Å². The van der Waals surface area contributed by atoms with Crippen molar-refractivity contribution in [2.75, 3.05) is 0 Å². The Balaban J connectivity index is 3.14. The summed E-state index contributed by atoms with van der Waals surface area (Å²) < 4.78 is 0. The van der Waals surface area contributed by atoms with Gasteiger partial charge in [0.15, 0.2) is 5.78 Å². The zero-order valence-corrected chi connectivity index (χ0v) is 12.9. The fraction of sp³-hybridized carbons (Fsp3) is 0.471. The first-order valence-corrected chi connectivity index (χ1v) is 6.69. The van der Waals surface area contributed by atoms with Crippen molar-refractivity contribution >= 4 is 11.5 Å². The highest BCUT2D eigenvalue weighted by Gasteiger charge is 2.21. The molecular weight excluding hydrogens is 234 g/mol. The van der Waals surface area contributed by atoms with E-state index in [0.717, 1.165) is 11.3 Å². The molecule has 0 saturated carbocycles. The smallest absolute Gasteiger partial charge is 0.163 e. The van der Waals surface area contributed by atoms with E-state index in [1.165, 1.54) is 0 Å². The van der Waals surface area contributed by atoms with Crippen LogP contribution in [0.15, 0.2) is 36.4 Å². The highest BCUT2D eigenvalue weighted by Crippen LogP contribution is 2.21. The Kier molecular flexibility index (Phi) is 4.56. The largest absolute Gasteiger partial charge is 0.380 e. The van der Waals surface area contributed by atoms with Crippen LogP contribution in [0.5, 0.6) is 0 Å². The van der Waals surface area contributed by atoms with Gasteiger partial charge in [-0.25, -0.2) is 0 Å². The van der Waals surface area contributed by atoms with E-state index in [9.17, 15) is 4.79 Å². The van der Waals surface area contributed by atoms with Crippen molar-refractivity contribution in [2.24, 2.45) is 5.41 Å². The minimum Gasteiger partial charge on any atom is -0.380 e. The summed E-state index contributed by atoms with van der Waals surface area (Å²) in [6.07, 6.45) is 1.72. The standard InChI is InChI=1S/C17H25NO/c1-16(2,3)15(19)12-14(18-17(4,5)6)13-10-8-7-9-11-13/h7-12,18H,1-6H3/b14-12+. The van der Waals surface area contributed by atoms with Gasteiger partial charge in [-0.2, -0.15) is 0 Å². The molecule has 1 aromatic carbocycles. The van der Waals surface area contributed by atoms with E-state index in [1.807, 2.05) is 51.1 Å². The third kappa shape index (κ3) is 5.29. The molecule has 104 valence electrons. The number of carbonyl (C=O) groups is 1. The molecule has 1 aromatic rings. The Hall–Kier alpha value is -1.57. The zero-order valence-electron chi connectivity index (χ0n) is 12.9. The molecular formula is C17H25NO. The van der Waals surface area contributed by atoms with Gasteiger partial charge in [0.05, 0.1) is 0 Å². The molecule has 0 heterocycles. The predicted octanol–water partition coefficient (Wildman–Crippen LogP) is 4.03. The van der Waals surface area contributed by atoms with Gasteiger partial charge >= 0.3 is 0 Å². The number of hydrogen-bond acceptors (Lipinski definition) is 2. The fourth-order valence-electron chi connectivity index (χ4n) is 1.56. The second kappa shape index (κ2) is 5.60. The fourth-order valence-corrected chi connectivity index (χ4v) is 1.56. The average Bonchev–Trinajstić information content (AvgIpc) is 2.26. The lowest BCUT2D eigenvalue weighted by molar-refractivity contribution is -0.121. The molecule has 19 heavy (non-hydrogen) atoms. The minimum absolute atomic E-state index is 0.0835. The second-order valence-electron chi connectivity index (χ2n) is 6.91. The predicted molar refractivity (Wildman–Crippen MR) is 81.8 cm³/mol. The number of ketones is 1. The molecule has 2 heteroatoms. The third-order valence-electron chi connectivity index (χ3n) is 2.61. The van der Waals surface area contributed by atoms with Crippen molar-refractivity contribution < 1.29 is 4.79 Å². The topological polar surface area (TPSA) is 29.1 Å². The summed E-state index contributed by atoms with van der Waals surface area (Å²) in [5.74, 6) is 0.128. The summed E-state index contributed by atoms with van der Waals surface area (Å²) in [5, 5.41) is 3.42. The summed E-state index contributed by atoms with van der Waals surface area (Å²) in [6, 6.07) is 9.97. The van der Waals surface area contributed by atoms with Crippen molar-refractivity contribution in [3.8, 4) is 0 Å². The summed E-state index contributed by atoms with van der Waals surface area (Å²) in [4.78, 5) is 12.2. The number of carbonyl (C=O) groups excluding carboxylic acids is 1. The van der Waals surface area contributed by atoms with Crippen LogP contribution in [0.2, 0.25) is 0 Å². The molecule has 0 spiro atoms. The minimum atomic E-state index is -0.362. The lowest BCUT2D eigenvalue weighted by atomic mass is 9.89. The van der Waals surface area contributed by atoms with Crippen molar-refractivity contribution in [1.29, 1.82) is 0 Å². The van der Waals surface area contributed by atoms with Gasteiger partial charge in [0.25, 0.3) is 0 Å². The Morgan fingerprint density at radius 2 is 1.53 bits per heavy atom. The monoisotopic (exact) mass is 259 g/mol. The first-order valence-electron chi connectivity index (χ1n) is 6.69. The van der Waals surface area contributed by atoms with E-state index in [4.69, 9.17) is 0 Å². The number of hydrogen-bond donors (Lipinski definition) is 1. The molecule has 0 radical (unpaired) electrons. The second-order valence-corrected chi connectivity index (χ2v) is 6.91. The summed E-state index contributed by atoms with van der Waals surface area (Å²) in [7, 11) is 0. The quantitative estimate of drug-likeness (QED) is 0.830. The Morgan fingerprint density at radius 3 is 1.95 bits per heavy atom. The van der Waals surface area contributed by atoms with Gasteiger partial charge in [0.1, 0.15) is 0 Å². The van der Waals surface area contributed by atoms with Crippen LogP contribution in [0.1, 0.15) is 47.1 Å². The zero-order chi connectivity index (χ0) is 14.7. The van der Waals surface area contributed by atoms with E-state index in [1.54, 1.807) is 6.08 Å². The van der Waals surface area contributed by atoms with Crippen LogP contribution in [0.3, 0.4) is 0 Å². The maximum absolute atomic E-state index is 12.2. The van der Waals surface area contributed by atoms with Gasteiger partial charge in [-0.1, -0.05) is 51.1 Å². The van der Waals surface area contributed by atoms with Gasteiger partial charge in [-0.3, -0.25) is 4.79 Å². The SMILES string of the molecule is CC(C)(C)N/C(=C/C(=O)C(C)(C)C)c1ccccc1. The van der Waals surface area contributed by atoms with Gasteiger partial charge in [0, 0.05) is 22.7 Å². The summed E-state index contributed by atoms with van der Waals surface area (Å²) in [5.41, 5.74) is 1.47. The van der Waals surface area contributed by atoms with Gasteiger partial charge in [-0.05, 0) is 26.3 Å². The normalized spacial score (nSPS) is 13.3. The lowest BCUT2D eigenvalue weighted by Crippen LogP contribution is -2.35. The van der Waals surface area contributed by atoms with Crippen LogP contribution in [0.25, 0.3) is 5.70 Å². The van der Waals surface area contributed by atoms with E-state index in [-0.39, 0.29) is 16.7 Å². The maximum atomic E-state index is 12.2. The van der Waals surface area contributed by atoms with E-state index >= 15 is 0 Å². The molecule has 0 amide bonds. The molecule has 0 saturated heterocycles. The molecule has 0 aliphatic carbocycles. The first kappa shape index (κ1) is 15.5. The Labute approximate surface area is 116 Å². The Bertz CT molecular complexity index is 458. The van der Waals surface area contributed by atoms with Crippen molar-refractivity contribution in [1.82, 2.24) is 5.32 Å². The molecule has 1 rings (SSSR count). The van der Waals surface area contributed by atoms with Crippen LogP contribution in [-0.2, 0) is 4.79 Å². The summed E-state index contributed by atoms with van der Waals surface area (Å²) in [6.45, 7) is 12.1. The molecule has 0 atom stereocenters. The number of allylic oxidation sites excluding steroid dienone is 1. The van der Waals surface area contributed by atoms with E-state index in [2.05, 4.69) is 26.1 Å². The maximum Gasteiger partial charge on any atom is 0.163 e. The van der Waals surface area contributed by atoms with Crippen LogP contribution >= 0.6 is 0 Å². The number of nitrogens with one attached hydrogen (secondary N) is 1. The van der Waals surface area contributed by atoms with Gasteiger partial charge < -0.3 is 5.32 Å². The van der Waals surface area contributed by atoms with E-state index in [0.29, 0.717) is 0 Å². The number of benzene rings is 1. The molecule has 0 aliphatic heterocycles. The first-order chi connectivity index (χ1) is 8.59. The average molecular weight is 259 g/mol. The molecule has 0 unspecified atom stereocenters. The molecule has 0 bridgehead atoms. The van der Waals surface area contributed by atoms with Crippen LogP contribution in [0, 0.1) is 5.41 Å². The van der Waals surface area contributed by atoms with Crippen LogP contribution < -0.4 is 5.32 Å². The van der Waals surface area contributed by atoms with Crippen molar-refractivity contribution in [3.63, 3.8) is 0 Å². The highest BCUT2D eigenvalue weighted by atomic mass is 16.1. The van der Waals surface area contributed by atoms with Crippen LogP contribution in [-0.4, -0.2) is 11.3 Å². The highest BCUT2D eigenvalue weighted by molar-refractivity contribution is 5.99. The third-order valence-corrected chi connectivity index (χ3v) is 2.61. The molecule has 0 aromatic heterocycles. The molecule has 1 N–H and O–H groups in total. The van der Waals surface area contributed by atoms with Crippen molar-refractivity contribution in [2.45, 2.75) is 47.1 Å². The van der Waals surface area contributed by atoms with Crippen molar-refractivity contribution in [3.05, 3.63) is 42.0 Å². The molecule has 2 nitrogen and oxygen atoms in total. The number of rotatable bonds is 3. The molecule has 0 fully saturated rings. The summed E-state index contributed by atoms with van der Waals surface area (Å²) >= 11 is 0. The van der Waals surface area contributed by atoms with Gasteiger partial charge in [-0.15, -0.1) is 0 Å². The lowest BCUT2D eigenvalue weighted by Gasteiger charge is -2.25.